The minimum absolute atomic E-state index is 0.135. The van der Waals surface area contributed by atoms with Crippen molar-refractivity contribution in [2.24, 2.45) is 0 Å². The van der Waals surface area contributed by atoms with E-state index in [9.17, 15) is 9.18 Å². The van der Waals surface area contributed by atoms with Gasteiger partial charge in [0.15, 0.2) is 5.78 Å². The summed E-state index contributed by atoms with van der Waals surface area (Å²) < 4.78 is 12.8. The van der Waals surface area contributed by atoms with Gasteiger partial charge in [-0.3, -0.25) is 4.79 Å². The number of unbranched alkanes of at least 4 members (excludes halogenated alkanes) is 10. The Labute approximate surface area is 135 Å². The lowest BCUT2D eigenvalue weighted by molar-refractivity contribution is 0.0979. The number of halogens is 1. The number of benzene rings is 1. The Bertz CT molecular complexity index is 397. The normalized spacial score (nSPS) is 10.8. The maximum absolute atomic E-state index is 12.8. The summed E-state index contributed by atoms with van der Waals surface area (Å²) in [7, 11) is 0. The lowest BCUT2D eigenvalue weighted by Crippen LogP contribution is -1.98. The van der Waals surface area contributed by atoms with Crippen LogP contribution in [0.1, 0.15) is 94.3 Å². The van der Waals surface area contributed by atoms with Crippen LogP contribution in [-0.4, -0.2) is 5.78 Å². The fourth-order valence-corrected chi connectivity index (χ4v) is 2.73. The number of rotatable bonds is 13. The first-order valence-corrected chi connectivity index (χ1v) is 9.03. The van der Waals surface area contributed by atoms with Gasteiger partial charge in [0.2, 0.25) is 0 Å². The van der Waals surface area contributed by atoms with Crippen molar-refractivity contribution in [3.05, 3.63) is 35.6 Å². The molecule has 0 heterocycles. The van der Waals surface area contributed by atoms with Crippen molar-refractivity contribution in [1.82, 2.24) is 0 Å². The van der Waals surface area contributed by atoms with Gasteiger partial charge in [0.25, 0.3) is 0 Å². The van der Waals surface area contributed by atoms with Crippen molar-refractivity contribution in [2.75, 3.05) is 0 Å². The molecule has 0 spiro atoms. The second-order valence-corrected chi connectivity index (χ2v) is 6.22. The first-order chi connectivity index (χ1) is 10.7. The third kappa shape index (κ3) is 8.96. The number of Topliss-reactive ketones (excluding diaryl/α,β-unsaturated/α-hetero) is 1. The Kier molecular flexibility index (Phi) is 10.6. The Morgan fingerprint density at radius 3 is 1.73 bits per heavy atom. The van der Waals surface area contributed by atoms with E-state index in [0.717, 1.165) is 12.8 Å². The van der Waals surface area contributed by atoms with Crippen LogP contribution in [0, 0.1) is 5.82 Å². The quantitative estimate of drug-likeness (QED) is 0.292. The van der Waals surface area contributed by atoms with Crippen molar-refractivity contribution in [3.63, 3.8) is 0 Å². The highest BCUT2D eigenvalue weighted by molar-refractivity contribution is 5.95. The number of hydrogen-bond donors (Lipinski definition) is 0. The second kappa shape index (κ2) is 12.4. The molecule has 0 bridgehead atoms. The van der Waals surface area contributed by atoms with Gasteiger partial charge in [0, 0.05) is 12.0 Å². The summed E-state index contributed by atoms with van der Waals surface area (Å²) in [5.74, 6) is -0.151. The van der Waals surface area contributed by atoms with Gasteiger partial charge in [0.1, 0.15) is 5.82 Å². The molecule has 22 heavy (non-hydrogen) atoms. The van der Waals surface area contributed by atoms with Gasteiger partial charge in [-0.2, -0.15) is 0 Å². The van der Waals surface area contributed by atoms with E-state index in [1.54, 1.807) is 12.1 Å². The highest BCUT2D eigenvalue weighted by Crippen LogP contribution is 2.13. The molecule has 1 rings (SSSR count). The summed E-state index contributed by atoms with van der Waals surface area (Å²) in [4.78, 5) is 11.9. The largest absolute Gasteiger partial charge is 0.294 e. The van der Waals surface area contributed by atoms with E-state index in [4.69, 9.17) is 0 Å². The molecule has 0 radical (unpaired) electrons. The molecule has 0 fully saturated rings. The zero-order valence-corrected chi connectivity index (χ0v) is 14.1. The van der Waals surface area contributed by atoms with E-state index in [2.05, 4.69) is 6.92 Å². The van der Waals surface area contributed by atoms with E-state index in [0.29, 0.717) is 12.0 Å². The van der Waals surface area contributed by atoms with Gasteiger partial charge < -0.3 is 0 Å². The number of carbonyl (C=O) groups is 1. The Morgan fingerprint density at radius 1 is 0.773 bits per heavy atom. The first kappa shape index (κ1) is 18.9. The van der Waals surface area contributed by atoms with E-state index in [-0.39, 0.29) is 11.6 Å². The van der Waals surface area contributed by atoms with Crippen LogP contribution in [0.25, 0.3) is 0 Å². The van der Waals surface area contributed by atoms with Crippen LogP contribution in [-0.2, 0) is 0 Å². The van der Waals surface area contributed by atoms with Gasteiger partial charge >= 0.3 is 0 Å². The average molecular weight is 306 g/mol. The van der Waals surface area contributed by atoms with E-state index in [1.165, 1.54) is 69.9 Å². The van der Waals surface area contributed by atoms with Crippen LogP contribution in [0.2, 0.25) is 0 Å². The molecule has 0 aliphatic heterocycles. The summed E-state index contributed by atoms with van der Waals surface area (Å²) in [6, 6.07) is 5.87. The predicted octanol–water partition coefficient (Wildman–Crippen LogP) is 6.71. The predicted molar refractivity (Wildman–Crippen MR) is 91.8 cm³/mol. The molecular formula is C20H31FO. The maximum atomic E-state index is 12.8. The highest BCUT2D eigenvalue weighted by Gasteiger charge is 2.05. The van der Waals surface area contributed by atoms with Crippen molar-refractivity contribution in [2.45, 2.75) is 84.0 Å². The molecule has 124 valence electrons. The molecule has 0 amide bonds. The number of carbonyl (C=O) groups excluding carboxylic acids is 1. The molecule has 0 aliphatic rings. The topological polar surface area (TPSA) is 17.1 Å². The second-order valence-electron chi connectivity index (χ2n) is 6.22. The summed E-state index contributed by atoms with van der Waals surface area (Å²) in [5.41, 5.74) is 0.633. The monoisotopic (exact) mass is 306 g/mol. The van der Waals surface area contributed by atoms with Crippen LogP contribution >= 0.6 is 0 Å². The van der Waals surface area contributed by atoms with Crippen molar-refractivity contribution < 1.29 is 9.18 Å². The zero-order chi connectivity index (χ0) is 16.0. The standard InChI is InChI=1S/C20H31FO/c1-2-3-4-5-6-7-8-9-10-11-12-13-20(22)18-14-16-19(21)17-15-18/h14-17H,2-13H2,1H3. The summed E-state index contributed by atoms with van der Waals surface area (Å²) in [6.07, 6.45) is 14.7. The molecule has 0 aromatic heterocycles. The first-order valence-electron chi connectivity index (χ1n) is 9.03. The smallest absolute Gasteiger partial charge is 0.162 e. The van der Waals surface area contributed by atoms with Gasteiger partial charge in [-0.05, 0) is 30.7 Å². The molecule has 0 saturated heterocycles. The lowest BCUT2D eigenvalue weighted by atomic mass is 10.0. The molecule has 1 aromatic carbocycles. The molecular weight excluding hydrogens is 275 g/mol. The van der Waals surface area contributed by atoms with Gasteiger partial charge in [0.05, 0.1) is 0 Å². The number of hydrogen-bond acceptors (Lipinski definition) is 1. The molecule has 1 nitrogen and oxygen atoms in total. The van der Waals surface area contributed by atoms with Crippen LogP contribution in [0.15, 0.2) is 24.3 Å². The SMILES string of the molecule is CCCCCCCCCCCCCC(=O)c1ccc(F)cc1. The minimum Gasteiger partial charge on any atom is -0.294 e. The average Bonchev–Trinajstić information content (AvgIpc) is 2.53. The minimum atomic E-state index is -0.286. The van der Waals surface area contributed by atoms with Crippen LogP contribution in [0.5, 0.6) is 0 Å². The molecule has 0 N–H and O–H groups in total. The maximum Gasteiger partial charge on any atom is 0.162 e. The van der Waals surface area contributed by atoms with Crippen molar-refractivity contribution >= 4 is 5.78 Å². The van der Waals surface area contributed by atoms with Crippen LogP contribution in [0.3, 0.4) is 0 Å². The van der Waals surface area contributed by atoms with E-state index < -0.39 is 0 Å². The highest BCUT2D eigenvalue weighted by atomic mass is 19.1. The van der Waals surface area contributed by atoms with Crippen molar-refractivity contribution in [1.29, 1.82) is 0 Å². The van der Waals surface area contributed by atoms with E-state index in [1.807, 2.05) is 0 Å². The molecule has 0 atom stereocenters. The van der Waals surface area contributed by atoms with Crippen LogP contribution < -0.4 is 0 Å². The molecule has 0 aliphatic carbocycles. The number of ketones is 1. The lowest BCUT2D eigenvalue weighted by Gasteiger charge is -2.03. The zero-order valence-electron chi connectivity index (χ0n) is 14.1. The Hall–Kier alpha value is -1.18. The third-order valence-electron chi connectivity index (χ3n) is 4.17. The van der Waals surface area contributed by atoms with Gasteiger partial charge in [-0.25, -0.2) is 4.39 Å². The summed E-state index contributed by atoms with van der Waals surface area (Å²) in [5, 5.41) is 0. The fourth-order valence-electron chi connectivity index (χ4n) is 2.73. The van der Waals surface area contributed by atoms with E-state index >= 15 is 0 Å². The molecule has 0 saturated carbocycles. The molecule has 2 heteroatoms. The fraction of sp³-hybridized carbons (Fsp3) is 0.650. The van der Waals surface area contributed by atoms with Gasteiger partial charge in [-0.15, -0.1) is 0 Å². The molecule has 0 unspecified atom stereocenters. The van der Waals surface area contributed by atoms with Crippen LogP contribution in [0.4, 0.5) is 4.39 Å². The third-order valence-corrected chi connectivity index (χ3v) is 4.17. The summed E-state index contributed by atoms with van der Waals surface area (Å²) in [6.45, 7) is 2.25. The molecule has 1 aromatic rings. The van der Waals surface area contributed by atoms with Gasteiger partial charge in [-0.1, -0.05) is 71.1 Å². The Balaban J connectivity index is 1.93. The summed E-state index contributed by atoms with van der Waals surface area (Å²) >= 11 is 0. The van der Waals surface area contributed by atoms with Crippen molar-refractivity contribution in [3.8, 4) is 0 Å². The Morgan fingerprint density at radius 2 is 1.23 bits per heavy atom.